The number of ether oxygens (including phenoxy) is 1. The molecule has 0 aliphatic rings. The Hall–Kier alpha value is -1.55. The Morgan fingerprint density at radius 2 is 2.19 bits per heavy atom. The molecular weight excluding hydrogens is 204 g/mol. The zero-order chi connectivity index (χ0) is 12.1. The standard InChI is InChI=1S/C12H18N2O2/c1-3-8(2)16-7-10-5-4-9(12(14)15)6-11(10)13/h4-6,8H,3,7,13H2,1-2H3,(H2,14,15). The Bertz CT molecular complexity index is 377. The van der Waals surface area contributed by atoms with Crippen LogP contribution in [0.25, 0.3) is 0 Å². The van der Waals surface area contributed by atoms with Crippen LogP contribution in [0.2, 0.25) is 0 Å². The quantitative estimate of drug-likeness (QED) is 0.744. The molecule has 0 saturated carbocycles. The van der Waals surface area contributed by atoms with Crippen molar-refractivity contribution in [3.8, 4) is 0 Å². The average Bonchev–Trinajstić information content (AvgIpc) is 2.26. The number of hydrogen-bond donors (Lipinski definition) is 2. The van der Waals surface area contributed by atoms with Crippen molar-refractivity contribution in [2.45, 2.75) is 33.0 Å². The second-order valence-electron chi connectivity index (χ2n) is 3.81. The summed E-state index contributed by atoms with van der Waals surface area (Å²) in [5.74, 6) is -0.471. The summed E-state index contributed by atoms with van der Waals surface area (Å²) < 4.78 is 5.56. The van der Waals surface area contributed by atoms with Crippen LogP contribution in [0, 0.1) is 0 Å². The van der Waals surface area contributed by atoms with Crippen LogP contribution in [0.15, 0.2) is 18.2 Å². The van der Waals surface area contributed by atoms with Gasteiger partial charge < -0.3 is 16.2 Å². The summed E-state index contributed by atoms with van der Waals surface area (Å²) in [5.41, 5.74) is 12.8. The molecule has 4 heteroatoms. The molecule has 0 aliphatic carbocycles. The van der Waals surface area contributed by atoms with Gasteiger partial charge >= 0.3 is 0 Å². The zero-order valence-electron chi connectivity index (χ0n) is 9.69. The molecule has 1 aromatic rings. The number of primary amides is 1. The summed E-state index contributed by atoms with van der Waals surface area (Å²) in [6, 6.07) is 5.02. The number of carbonyl (C=O) groups excluding carboxylic acids is 1. The summed E-state index contributed by atoms with van der Waals surface area (Å²) in [6.45, 7) is 4.53. The molecule has 4 N–H and O–H groups in total. The molecule has 88 valence electrons. The molecule has 0 heterocycles. The summed E-state index contributed by atoms with van der Waals surface area (Å²) in [6.07, 6.45) is 1.16. The molecule has 0 aromatic heterocycles. The van der Waals surface area contributed by atoms with Gasteiger partial charge in [-0.15, -0.1) is 0 Å². The van der Waals surface area contributed by atoms with Gasteiger partial charge in [-0.3, -0.25) is 4.79 Å². The first kappa shape index (κ1) is 12.5. The fraction of sp³-hybridized carbons (Fsp3) is 0.417. The highest BCUT2D eigenvalue weighted by molar-refractivity contribution is 5.93. The van der Waals surface area contributed by atoms with Crippen molar-refractivity contribution >= 4 is 11.6 Å². The molecule has 4 nitrogen and oxygen atoms in total. The molecule has 0 spiro atoms. The molecule has 1 aromatic carbocycles. The number of rotatable bonds is 5. The van der Waals surface area contributed by atoms with E-state index in [1.165, 1.54) is 0 Å². The van der Waals surface area contributed by atoms with Crippen LogP contribution < -0.4 is 11.5 Å². The number of carbonyl (C=O) groups is 1. The van der Waals surface area contributed by atoms with Gasteiger partial charge in [0.2, 0.25) is 5.91 Å². The molecular formula is C12H18N2O2. The molecule has 16 heavy (non-hydrogen) atoms. The van der Waals surface area contributed by atoms with Gasteiger partial charge in [0.1, 0.15) is 0 Å². The van der Waals surface area contributed by atoms with Crippen LogP contribution in [0.4, 0.5) is 5.69 Å². The minimum Gasteiger partial charge on any atom is -0.398 e. The normalized spacial score (nSPS) is 12.4. The van der Waals surface area contributed by atoms with Crippen molar-refractivity contribution in [1.29, 1.82) is 0 Å². The van der Waals surface area contributed by atoms with Gasteiger partial charge in [-0.1, -0.05) is 13.0 Å². The van der Waals surface area contributed by atoms with Crippen LogP contribution in [-0.4, -0.2) is 12.0 Å². The monoisotopic (exact) mass is 222 g/mol. The van der Waals surface area contributed by atoms with Crippen LogP contribution >= 0.6 is 0 Å². The van der Waals surface area contributed by atoms with Crippen LogP contribution in [-0.2, 0) is 11.3 Å². The van der Waals surface area contributed by atoms with Crippen molar-refractivity contribution in [3.05, 3.63) is 29.3 Å². The molecule has 1 unspecified atom stereocenters. The molecule has 1 amide bonds. The highest BCUT2D eigenvalue weighted by Gasteiger charge is 2.06. The highest BCUT2D eigenvalue weighted by atomic mass is 16.5. The molecule has 1 atom stereocenters. The first-order valence-corrected chi connectivity index (χ1v) is 5.34. The maximum atomic E-state index is 10.9. The lowest BCUT2D eigenvalue weighted by molar-refractivity contribution is 0.0512. The van der Waals surface area contributed by atoms with E-state index < -0.39 is 5.91 Å². The number of benzene rings is 1. The van der Waals surface area contributed by atoms with Crippen LogP contribution in [0.3, 0.4) is 0 Å². The van der Waals surface area contributed by atoms with E-state index >= 15 is 0 Å². The Balaban J connectivity index is 2.72. The fourth-order valence-corrected chi connectivity index (χ4v) is 1.23. The topological polar surface area (TPSA) is 78.3 Å². The molecule has 0 radical (unpaired) electrons. The molecule has 0 saturated heterocycles. The number of amides is 1. The van der Waals surface area contributed by atoms with E-state index in [1.807, 2.05) is 6.92 Å². The van der Waals surface area contributed by atoms with Gasteiger partial charge in [0.05, 0.1) is 12.7 Å². The van der Waals surface area contributed by atoms with Crippen molar-refractivity contribution < 1.29 is 9.53 Å². The van der Waals surface area contributed by atoms with Crippen molar-refractivity contribution in [1.82, 2.24) is 0 Å². The Morgan fingerprint density at radius 1 is 1.50 bits per heavy atom. The zero-order valence-corrected chi connectivity index (χ0v) is 9.69. The van der Waals surface area contributed by atoms with Gasteiger partial charge in [-0.25, -0.2) is 0 Å². The smallest absolute Gasteiger partial charge is 0.248 e. The molecule has 1 rings (SSSR count). The SMILES string of the molecule is CCC(C)OCc1ccc(C(N)=O)cc1N. The predicted octanol–water partition coefficient (Wildman–Crippen LogP) is 1.68. The molecule has 0 bridgehead atoms. The largest absolute Gasteiger partial charge is 0.398 e. The van der Waals surface area contributed by atoms with E-state index in [1.54, 1.807) is 18.2 Å². The number of nitrogens with two attached hydrogens (primary N) is 2. The first-order valence-electron chi connectivity index (χ1n) is 5.34. The van der Waals surface area contributed by atoms with E-state index in [-0.39, 0.29) is 6.10 Å². The Morgan fingerprint density at radius 3 is 2.69 bits per heavy atom. The van der Waals surface area contributed by atoms with E-state index in [0.29, 0.717) is 17.9 Å². The van der Waals surface area contributed by atoms with Gasteiger partial charge in [0, 0.05) is 16.8 Å². The van der Waals surface area contributed by atoms with Crippen LogP contribution in [0.1, 0.15) is 36.2 Å². The number of hydrogen-bond acceptors (Lipinski definition) is 3. The van der Waals surface area contributed by atoms with E-state index in [2.05, 4.69) is 6.92 Å². The average molecular weight is 222 g/mol. The summed E-state index contributed by atoms with van der Waals surface area (Å²) in [7, 11) is 0. The lowest BCUT2D eigenvalue weighted by atomic mass is 10.1. The highest BCUT2D eigenvalue weighted by Crippen LogP contribution is 2.16. The molecule has 0 fully saturated rings. The third-order valence-electron chi connectivity index (χ3n) is 2.53. The first-order chi connectivity index (χ1) is 7.54. The van der Waals surface area contributed by atoms with E-state index in [0.717, 1.165) is 12.0 Å². The molecule has 0 aliphatic heterocycles. The van der Waals surface area contributed by atoms with Gasteiger partial charge in [0.25, 0.3) is 0 Å². The minimum atomic E-state index is -0.471. The van der Waals surface area contributed by atoms with Crippen molar-refractivity contribution in [2.24, 2.45) is 5.73 Å². The lowest BCUT2D eigenvalue weighted by Gasteiger charge is -2.12. The summed E-state index contributed by atoms with van der Waals surface area (Å²) >= 11 is 0. The Kier molecular flexibility index (Phi) is 4.31. The fourth-order valence-electron chi connectivity index (χ4n) is 1.23. The lowest BCUT2D eigenvalue weighted by Crippen LogP contribution is -2.12. The third-order valence-corrected chi connectivity index (χ3v) is 2.53. The van der Waals surface area contributed by atoms with Crippen molar-refractivity contribution in [2.75, 3.05) is 5.73 Å². The maximum Gasteiger partial charge on any atom is 0.248 e. The number of anilines is 1. The van der Waals surface area contributed by atoms with E-state index in [9.17, 15) is 4.79 Å². The van der Waals surface area contributed by atoms with Gasteiger partial charge in [-0.2, -0.15) is 0 Å². The van der Waals surface area contributed by atoms with Gasteiger partial charge in [0.15, 0.2) is 0 Å². The van der Waals surface area contributed by atoms with Crippen molar-refractivity contribution in [3.63, 3.8) is 0 Å². The maximum absolute atomic E-state index is 10.9. The second-order valence-corrected chi connectivity index (χ2v) is 3.81. The van der Waals surface area contributed by atoms with Crippen LogP contribution in [0.5, 0.6) is 0 Å². The summed E-state index contributed by atoms with van der Waals surface area (Å²) in [5, 5.41) is 0. The predicted molar refractivity (Wildman–Crippen MR) is 63.9 cm³/mol. The van der Waals surface area contributed by atoms with Gasteiger partial charge in [-0.05, 0) is 25.5 Å². The van der Waals surface area contributed by atoms with E-state index in [4.69, 9.17) is 16.2 Å². The number of nitrogen functional groups attached to an aromatic ring is 1. The minimum absolute atomic E-state index is 0.204. The second kappa shape index (κ2) is 5.51. The third kappa shape index (κ3) is 3.24. The summed E-state index contributed by atoms with van der Waals surface area (Å²) in [4.78, 5) is 10.9. The Labute approximate surface area is 95.6 Å².